The summed E-state index contributed by atoms with van der Waals surface area (Å²) in [4.78, 5) is 0. The molecule has 0 unspecified atom stereocenters. The summed E-state index contributed by atoms with van der Waals surface area (Å²) in [6, 6.07) is 18.3. The molecule has 0 bridgehead atoms. The van der Waals surface area contributed by atoms with Gasteiger partial charge < -0.3 is 5.73 Å². The Morgan fingerprint density at radius 3 is 2.40 bits per heavy atom. The van der Waals surface area contributed by atoms with Crippen LogP contribution in [-0.4, -0.2) is 9.78 Å². The van der Waals surface area contributed by atoms with Gasteiger partial charge in [-0.2, -0.15) is 5.10 Å². The largest absolute Gasteiger partial charge is 0.399 e. The van der Waals surface area contributed by atoms with E-state index in [9.17, 15) is 0 Å². The quantitative estimate of drug-likeness (QED) is 0.735. The Labute approximate surface area is 118 Å². The number of hydrogen-bond donors (Lipinski definition) is 1. The average Bonchev–Trinajstić information content (AvgIpc) is 2.83. The van der Waals surface area contributed by atoms with Crippen molar-refractivity contribution in [2.45, 2.75) is 13.5 Å². The third-order valence-electron chi connectivity index (χ3n) is 3.50. The van der Waals surface area contributed by atoms with Crippen molar-refractivity contribution in [1.82, 2.24) is 9.78 Å². The second-order valence-corrected chi connectivity index (χ2v) is 4.91. The zero-order valence-electron chi connectivity index (χ0n) is 11.5. The first-order chi connectivity index (χ1) is 9.74. The normalized spacial score (nSPS) is 10.7. The second-order valence-electron chi connectivity index (χ2n) is 4.91. The maximum atomic E-state index is 5.73. The lowest BCUT2D eigenvalue weighted by atomic mass is 10.1. The number of nitrogen functional groups attached to an aromatic ring is 1. The van der Waals surface area contributed by atoms with Crippen LogP contribution in [0.15, 0.2) is 60.8 Å². The number of nitrogens with two attached hydrogens (primary N) is 1. The summed E-state index contributed by atoms with van der Waals surface area (Å²) >= 11 is 0. The zero-order chi connectivity index (χ0) is 13.9. The number of benzene rings is 2. The van der Waals surface area contributed by atoms with E-state index in [-0.39, 0.29) is 0 Å². The highest BCUT2D eigenvalue weighted by molar-refractivity contribution is 5.67. The van der Waals surface area contributed by atoms with Crippen LogP contribution in [0.25, 0.3) is 11.1 Å². The molecular weight excluding hydrogens is 246 g/mol. The van der Waals surface area contributed by atoms with Gasteiger partial charge in [-0.1, -0.05) is 42.5 Å². The number of aromatic nitrogens is 2. The van der Waals surface area contributed by atoms with E-state index in [1.807, 2.05) is 41.2 Å². The van der Waals surface area contributed by atoms with Gasteiger partial charge in [-0.3, -0.25) is 4.68 Å². The molecule has 3 aromatic rings. The average molecular weight is 263 g/mol. The van der Waals surface area contributed by atoms with Gasteiger partial charge in [0.15, 0.2) is 0 Å². The van der Waals surface area contributed by atoms with Crippen molar-refractivity contribution in [3.05, 3.63) is 72.1 Å². The smallest absolute Gasteiger partial charge is 0.0662 e. The van der Waals surface area contributed by atoms with Gasteiger partial charge in [-0.15, -0.1) is 0 Å². The fourth-order valence-electron chi connectivity index (χ4n) is 2.31. The number of rotatable bonds is 3. The van der Waals surface area contributed by atoms with E-state index >= 15 is 0 Å². The van der Waals surface area contributed by atoms with E-state index < -0.39 is 0 Å². The number of anilines is 1. The summed E-state index contributed by atoms with van der Waals surface area (Å²) in [6.07, 6.45) is 1.92. The van der Waals surface area contributed by atoms with E-state index in [1.165, 1.54) is 11.3 Å². The minimum absolute atomic E-state index is 0.781. The number of hydrogen-bond acceptors (Lipinski definition) is 2. The van der Waals surface area contributed by atoms with Crippen LogP contribution in [0.1, 0.15) is 11.3 Å². The molecule has 3 heteroatoms. The van der Waals surface area contributed by atoms with Crippen molar-refractivity contribution in [3.8, 4) is 11.1 Å². The second kappa shape index (κ2) is 5.21. The first-order valence-electron chi connectivity index (χ1n) is 6.66. The third-order valence-corrected chi connectivity index (χ3v) is 3.50. The summed E-state index contributed by atoms with van der Waals surface area (Å²) in [5, 5.41) is 4.50. The van der Waals surface area contributed by atoms with Gasteiger partial charge in [0.05, 0.1) is 12.7 Å². The summed E-state index contributed by atoms with van der Waals surface area (Å²) in [6.45, 7) is 2.89. The molecule has 20 heavy (non-hydrogen) atoms. The van der Waals surface area contributed by atoms with E-state index in [1.54, 1.807) is 0 Å². The SMILES string of the molecule is Cc1c(-c2ccc(N)cc2)cnn1Cc1ccccc1. The predicted octanol–water partition coefficient (Wildman–Crippen LogP) is 3.49. The Kier molecular flexibility index (Phi) is 3.25. The van der Waals surface area contributed by atoms with Gasteiger partial charge in [-0.25, -0.2) is 0 Å². The number of nitrogens with zero attached hydrogens (tertiary/aromatic N) is 2. The first-order valence-corrected chi connectivity index (χ1v) is 6.66. The lowest BCUT2D eigenvalue weighted by Gasteiger charge is -2.06. The molecule has 3 rings (SSSR count). The molecule has 0 fully saturated rings. The van der Waals surface area contributed by atoms with E-state index in [4.69, 9.17) is 5.73 Å². The van der Waals surface area contributed by atoms with Crippen molar-refractivity contribution >= 4 is 5.69 Å². The monoisotopic (exact) mass is 263 g/mol. The molecule has 100 valence electrons. The summed E-state index contributed by atoms with van der Waals surface area (Å²) in [5.74, 6) is 0. The van der Waals surface area contributed by atoms with Crippen molar-refractivity contribution in [2.24, 2.45) is 0 Å². The fraction of sp³-hybridized carbons (Fsp3) is 0.118. The maximum absolute atomic E-state index is 5.73. The molecule has 0 radical (unpaired) electrons. The molecule has 0 atom stereocenters. The van der Waals surface area contributed by atoms with Gasteiger partial charge in [0, 0.05) is 16.9 Å². The van der Waals surface area contributed by atoms with Crippen LogP contribution >= 0.6 is 0 Å². The molecule has 0 aliphatic carbocycles. The zero-order valence-corrected chi connectivity index (χ0v) is 11.5. The third kappa shape index (κ3) is 2.43. The summed E-state index contributed by atoms with van der Waals surface area (Å²) < 4.78 is 2.03. The highest BCUT2D eigenvalue weighted by atomic mass is 15.3. The van der Waals surface area contributed by atoms with E-state index in [0.29, 0.717) is 0 Å². The molecule has 3 nitrogen and oxygen atoms in total. The van der Waals surface area contributed by atoms with Gasteiger partial charge in [0.1, 0.15) is 0 Å². The predicted molar refractivity (Wildman–Crippen MR) is 82.4 cm³/mol. The van der Waals surface area contributed by atoms with E-state index in [2.05, 4.69) is 36.3 Å². The van der Waals surface area contributed by atoms with Crippen LogP contribution in [0.3, 0.4) is 0 Å². The van der Waals surface area contributed by atoms with Crippen LogP contribution in [0.2, 0.25) is 0 Å². The Bertz CT molecular complexity index is 697. The molecule has 1 aromatic heterocycles. The van der Waals surface area contributed by atoms with Crippen LogP contribution in [-0.2, 0) is 6.54 Å². The summed E-state index contributed by atoms with van der Waals surface area (Å²) in [7, 11) is 0. The minimum Gasteiger partial charge on any atom is -0.399 e. The first kappa shape index (κ1) is 12.5. The van der Waals surface area contributed by atoms with Crippen molar-refractivity contribution < 1.29 is 0 Å². The molecule has 0 aliphatic heterocycles. The fourth-order valence-corrected chi connectivity index (χ4v) is 2.31. The van der Waals surface area contributed by atoms with Gasteiger partial charge in [0.2, 0.25) is 0 Å². The maximum Gasteiger partial charge on any atom is 0.0662 e. The van der Waals surface area contributed by atoms with Gasteiger partial charge in [0.25, 0.3) is 0 Å². The van der Waals surface area contributed by atoms with Crippen molar-refractivity contribution in [1.29, 1.82) is 0 Å². The molecule has 0 aliphatic rings. The molecular formula is C17H17N3. The Balaban J connectivity index is 1.91. The lowest BCUT2D eigenvalue weighted by Crippen LogP contribution is -2.03. The van der Waals surface area contributed by atoms with E-state index in [0.717, 1.165) is 23.4 Å². The van der Waals surface area contributed by atoms with Crippen LogP contribution < -0.4 is 5.73 Å². The Morgan fingerprint density at radius 2 is 1.70 bits per heavy atom. The van der Waals surface area contributed by atoms with Gasteiger partial charge >= 0.3 is 0 Å². The van der Waals surface area contributed by atoms with Crippen LogP contribution in [0, 0.1) is 6.92 Å². The van der Waals surface area contributed by atoms with Crippen LogP contribution in [0.5, 0.6) is 0 Å². The topological polar surface area (TPSA) is 43.8 Å². The Morgan fingerprint density at radius 1 is 1.00 bits per heavy atom. The molecule has 1 heterocycles. The van der Waals surface area contributed by atoms with Crippen molar-refractivity contribution in [2.75, 3.05) is 5.73 Å². The highest BCUT2D eigenvalue weighted by Crippen LogP contribution is 2.24. The molecule has 0 amide bonds. The van der Waals surface area contributed by atoms with Crippen LogP contribution in [0.4, 0.5) is 5.69 Å². The minimum atomic E-state index is 0.781. The molecule has 2 N–H and O–H groups in total. The van der Waals surface area contributed by atoms with Gasteiger partial charge in [-0.05, 0) is 30.2 Å². The molecule has 2 aromatic carbocycles. The Hall–Kier alpha value is -2.55. The summed E-state index contributed by atoms with van der Waals surface area (Å²) in [5.41, 5.74) is 11.2. The standard InChI is InChI=1S/C17H17N3/c1-13-17(15-7-9-16(18)10-8-15)11-19-20(13)12-14-5-3-2-4-6-14/h2-11H,12,18H2,1H3. The molecule has 0 spiro atoms. The lowest BCUT2D eigenvalue weighted by molar-refractivity contribution is 0.665. The molecule has 0 saturated carbocycles. The van der Waals surface area contributed by atoms with Crippen molar-refractivity contribution in [3.63, 3.8) is 0 Å². The molecule has 0 saturated heterocycles. The highest BCUT2D eigenvalue weighted by Gasteiger charge is 2.08.